The Morgan fingerprint density at radius 1 is 1.12 bits per heavy atom. The molecule has 0 radical (unpaired) electrons. The van der Waals surface area contributed by atoms with E-state index in [1.54, 1.807) is 0 Å². The Labute approximate surface area is 153 Å². The van der Waals surface area contributed by atoms with Crippen molar-refractivity contribution in [3.8, 4) is 11.4 Å². The van der Waals surface area contributed by atoms with Gasteiger partial charge < -0.3 is 14.9 Å². The summed E-state index contributed by atoms with van der Waals surface area (Å²) in [4.78, 5) is 22.5. The molecule has 0 unspecified atom stereocenters. The molecule has 0 amide bonds. The van der Waals surface area contributed by atoms with Crippen LogP contribution in [0.5, 0.6) is 0 Å². The molecule has 134 valence electrons. The Balaban J connectivity index is 1.77. The van der Waals surface area contributed by atoms with Gasteiger partial charge in [-0.05, 0) is 32.3 Å². The van der Waals surface area contributed by atoms with Crippen LogP contribution in [-0.4, -0.2) is 45.8 Å². The molecule has 0 spiro atoms. The summed E-state index contributed by atoms with van der Waals surface area (Å²) < 4.78 is 0. The quantitative estimate of drug-likeness (QED) is 0.690. The van der Waals surface area contributed by atoms with Gasteiger partial charge >= 0.3 is 0 Å². The van der Waals surface area contributed by atoms with Crippen molar-refractivity contribution in [1.29, 1.82) is 0 Å². The lowest BCUT2D eigenvalue weighted by Crippen LogP contribution is -2.25. The summed E-state index contributed by atoms with van der Waals surface area (Å²) in [7, 11) is 0. The van der Waals surface area contributed by atoms with Crippen molar-refractivity contribution in [2.75, 3.05) is 24.5 Å². The van der Waals surface area contributed by atoms with E-state index in [0.717, 1.165) is 66.3 Å². The second kappa shape index (κ2) is 7.56. The number of rotatable bonds is 2. The van der Waals surface area contributed by atoms with Crippen molar-refractivity contribution >= 4 is 22.9 Å². The molecule has 2 N–H and O–H groups in total. The zero-order valence-electron chi connectivity index (χ0n) is 15.1. The molecule has 0 aromatic carbocycles. The maximum absolute atomic E-state index is 4.57. The molecule has 4 rings (SSSR count). The highest BCUT2D eigenvalue weighted by Gasteiger charge is 2.17. The van der Waals surface area contributed by atoms with Gasteiger partial charge in [0.25, 0.3) is 0 Å². The van der Waals surface area contributed by atoms with E-state index in [1.165, 1.54) is 6.42 Å². The summed E-state index contributed by atoms with van der Waals surface area (Å²) in [5, 5.41) is 1.10. The number of nitrogens with one attached hydrogen (secondary N) is 2. The van der Waals surface area contributed by atoms with Crippen LogP contribution < -0.4 is 4.90 Å². The fourth-order valence-corrected chi connectivity index (χ4v) is 3.34. The number of imidazole rings is 1. The third kappa shape index (κ3) is 3.40. The first-order valence-corrected chi connectivity index (χ1v) is 9.19. The monoisotopic (exact) mass is 348 g/mol. The Kier molecular flexibility index (Phi) is 4.82. The smallest absolute Gasteiger partial charge is 0.140 e. The van der Waals surface area contributed by atoms with Crippen molar-refractivity contribution in [3.05, 3.63) is 42.5 Å². The zero-order chi connectivity index (χ0) is 17.8. The van der Waals surface area contributed by atoms with E-state index in [1.807, 2.05) is 31.7 Å². The minimum absolute atomic E-state index is 0.783. The maximum Gasteiger partial charge on any atom is 0.140 e. The first-order valence-electron chi connectivity index (χ1n) is 9.19. The predicted molar refractivity (Wildman–Crippen MR) is 107 cm³/mol. The number of aromatic nitrogens is 4. The van der Waals surface area contributed by atoms with E-state index < -0.39 is 0 Å². The summed E-state index contributed by atoms with van der Waals surface area (Å²) in [6.07, 6.45) is 15.7. The minimum Gasteiger partial charge on any atom is -0.362 e. The number of H-pyrrole nitrogens is 2. The van der Waals surface area contributed by atoms with Gasteiger partial charge in [-0.15, -0.1) is 0 Å². The molecule has 6 heteroatoms. The number of allylic oxidation sites excluding steroid dienone is 1. The highest BCUT2D eigenvalue weighted by atomic mass is 15.1. The number of hydrogen-bond donors (Lipinski definition) is 2. The Morgan fingerprint density at radius 3 is 2.96 bits per heavy atom. The van der Waals surface area contributed by atoms with E-state index >= 15 is 0 Å². The minimum atomic E-state index is 0.783. The highest BCUT2D eigenvalue weighted by molar-refractivity contribution is 6.01. The molecule has 0 aliphatic carbocycles. The number of aryl methyl sites for hydroxylation is 1. The number of aromatic amines is 2. The van der Waals surface area contributed by atoms with Crippen LogP contribution >= 0.6 is 0 Å². The van der Waals surface area contributed by atoms with E-state index in [2.05, 4.69) is 48.0 Å². The number of anilines is 1. The lowest BCUT2D eigenvalue weighted by molar-refractivity contribution is 0.760. The van der Waals surface area contributed by atoms with Gasteiger partial charge in [-0.3, -0.25) is 4.99 Å². The second-order valence-electron chi connectivity index (χ2n) is 6.63. The highest BCUT2D eigenvalue weighted by Crippen LogP contribution is 2.33. The summed E-state index contributed by atoms with van der Waals surface area (Å²) in [6, 6.07) is 2.08. The van der Waals surface area contributed by atoms with Gasteiger partial charge in [0.05, 0.1) is 17.6 Å². The molecule has 0 saturated heterocycles. The van der Waals surface area contributed by atoms with E-state index in [9.17, 15) is 0 Å². The number of aliphatic imine (C=N–C) groups is 1. The summed E-state index contributed by atoms with van der Waals surface area (Å²) in [5.41, 5.74) is 4.12. The molecule has 3 aromatic heterocycles. The average molecular weight is 348 g/mol. The van der Waals surface area contributed by atoms with Crippen molar-refractivity contribution in [2.45, 2.75) is 26.2 Å². The Morgan fingerprint density at radius 2 is 2.08 bits per heavy atom. The van der Waals surface area contributed by atoms with Crippen molar-refractivity contribution in [2.24, 2.45) is 4.99 Å². The summed E-state index contributed by atoms with van der Waals surface area (Å²) in [6.45, 7) is 4.56. The largest absolute Gasteiger partial charge is 0.362 e. The number of pyridine rings is 1. The third-order valence-electron chi connectivity index (χ3n) is 4.68. The van der Waals surface area contributed by atoms with Gasteiger partial charge in [0.15, 0.2) is 0 Å². The molecule has 0 atom stereocenters. The normalized spacial score (nSPS) is 18.6. The van der Waals surface area contributed by atoms with Gasteiger partial charge in [0, 0.05) is 49.2 Å². The Hall–Kier alpha value is -2.89. The summed E-state index contributed by atoms with van der Waals surface area (Å²) >= 11 is 0. The van der Waals surface area contributed by atoms with E-state index in [-0.39, 0.29) is 0 Å². The molecule has 1 aliphatic rings. The first-order chi connectivity index (χ1) is 12.8. The van der Waals surface area contributed by atoms with Crippen LogP contribution in [0.2, 0.25) is 0 Å². The molecular formula is C20H24N6. The van der Waals surface area contributed by atoms with Crippen LogP contribution in [-0.2, 0) is 0 Å². The lowest BCUT2D eigenvalue weighted by Gasteiger charge is -2.22. The number of fused-ring (bicyclic) bond motifs is 1. The fourth-order valence-electron chi connectivity index (χ4n) is 3.34. The van der Waals surface area contributed by atoms with Crippen LogP contribution in [0, 0.1) is 6.92 Å². The van der Waals surface area contributed by atoms with Crippen molar-refractivity contribution in [1.82, 2.24) is 19.9 Å². The van der Waals surface area contributed by atoms with Gasteiger partial charge in [-0.25, -0.2) is 9.97 Å². The van der Waals surface area contributed by atoms with Crippen LogP contribution in [0.4, 0.5) is 5.69 Å². The van der Waals surface area contributed by atoms with E-state index in [4.69, 9.17) is 0 Å². The third-order valence-corrected chi connectivity index (χ3v) is 4.68. The van der Waals surface area contributed by atoms with Crippen molar-refractivity contribution < 1.29 is 0 Å². The van der Waals surface area contributed by atoms with Gasteiger partial charge in [0.1, 0.15) is 11.5 Å². The number of hydrogen-bond acceptors (Lipinski definition) is 4. The molecule has 6 nitrogen and oxygen atoms in total. The summed E-state index contributed by atoms with van der Waals surface area (Å²) in [5.74, 6) is 0.866. The predicted octanol–water partition coefficient (Wildman–Crippen LogP) is 3.88. The fraction of sp³-hybridized carbons (Fsp3) is 0.350. The van der Waals surface area contributed by atoms with Crippen LogP contribution in [0.1, 0.15) is 25.0 Å². The molecule has 4 heterocycles. The lowest BCUT2D eigenvalue weighted by atomic mass is 10.1. The molecule has 3 aromatic rings. The standard InChI is InChI=1S/C20H24N6/c1-15-13-23-19(25-15)16-14-24-20-18(16)17(7-9-22-20)26-11-6-4-2-3-5-8-21-10-12-26/h4,6-7,9-10,13-14H,2-3,5,8,11-12H2,1H3,(H,22,24)(H,23,25)/b6-4+,21-10+. The van der Waals surface area contributed by atoms with Crippen LogP contribution in [0.3, 0.4) is 0 Å². The van der Waals surface area contributed by atoms with Gasteiger partial charge in [-0.1, -0.05) is 12.2 Å². The van der Waals surface area contributed by atoms with Gasteiger partial charge in [0.2, 0.25) is 0 Å². The zero-order valence-corrected chi connectivity index (χ0v) is 15.1. The topological polar surface area (TPSA) is 73.0 Å². The average Bonchev–Trinajstić information content (AvgIpc) is 3.25. The van der Waals surface area contributed by atoms with Crippen LogP contribution in [0.25, 0.3) is 22.4 Å². The van der Waals surface area contributed by atoms with Crippen LogP contribution in [0.15, 0.2) is 41.8 Å². The van der Waals surface area contributed by atoms with E-state index in [0.29, 0.717) is 0 Å². The SMILES string of the molecule is Cc1cnc(-c2c[nH]c3nccc(N4C/C=C/CCCC/N=C/C4)c23)[nH]1. The molecule has 0 bridgehead atoms. The number of nitrogens with zero attached hydrogens (tertiary/aromatic N) is 4. The molecule has 0 saturated carbocycles. The molecule has 26 heavy (non-hydrogen) atoms. The molecular weight excluding hydrogens is 324 g/mol. The second-order valence-corrected chi connectivity index (χ2v) is 6.63. The Bertz CT molecular complexity index is 915. The van der Waals surface area contributed by atoms with Gasteiger partial charge in [-0.2, -0.15) is 0 Å². The van der Waals surface area contributed by atoms with Crippen molar-refractivity contribution in [3.63, 3.8) is 0 Å². The maximum atomic E-state index is 4.57. The molecule has 0 fully saturated rings. The first kappa shape index (κ1) is 16.6. The molecule has 1 aliphatic heterocycles.